The molecule has 0 aliphatic rings. The summed E-state index contributed by atoms with van der Waals surface area (Å²) in [6.45, 7) is 2.54. The summed E-state index contributed by atoms with van der Waals surface area (Å²) < 4.78 is 4.84. The van der Waals surface area contributed by atoms with Crippen molar-refractivity contribution in [2.24, 2.45) is 0 Å². The van der Waals surface area contributed by atoms with Gasteiger partial charge in [0.25, 0.3) is 0 Å². The smallest absolute Gasteiger partial charge is 0.223 e. The SMILES string of the molecule is Cc1ccccc1[C@@H](CC(=O)N(C)Cc1ccon1)c1ccccc1. The lowest BCUT2D eigenvalue weighted by atomic mass is 9.85. The Morgan fingerprint density at radius 2 is 1.80 bits per heavy atom. The summed E-state index contributed by atoms with van der Waals surface area (Å²) in [5, 5.41) is 3.88. The molecule has 0 N–H and O–H groups in total. The molecular weight excluding hydrogens is 312 g/mol. The van der Waals surface area contributed by atoms with Crippen molar-refractivity contribution in [2.45, 2.75) is 25.8 Å². The molecule has 2 aromatic carbocycles. The monoisotopic (exact) mass is 334 g/mol. The Kier molecular flexibility index (Phi) is 5.29. The summed E-state index contributed by atoms with van der Waals surface area (Å²) >= 11 is 0. The van der Waals surface area contributed by atoms with Gasteiger partial charge in [-0.25, -0.2) is 0 Å². The summed E-state index contributed by atoms with van der Waals surface area (Å²) in [5.41, 5.74) is 4.29. The zero-order valence-corrected chi connectivity index (χ0v) is 14.6. The maximum absolute atomic E-state index is 12.8. The second kappa shape index (κ2) is 7.79. The van der Waals surface area contributed by atoms with E-state index >= 15 is 0 Å². The van der Waals surface area contributed by atoms with E-state index in [1.165, 1.54) is 17.4 Å². The van der Waals surface area contributed by atoms with E-state index in [0.717, 1.165) is 11.3 Å². The standard InChI is InChI=1S/C21H22N2O2/c1-16-8-6-7-11-19(16)20(17-9-4-3-5-10-17)14-21(24)23(2)15-18-12-13-25-22-18/h3-13,20H,14-15H2,1-2H3/t20-/m0/s1. The highest BCUT2D eigenvalue weighted by Gasteiger charge is 2.22. The second-order valence-corrected chi connectivity index (χ2v) is 6.26. The number of aromatic nitrogens is 1. The molecule has 0 aliphatic heterocycles. The number of benzene rings is 2. The first-order valence-electron chi connectivity index (χ1n) is 8.39. The predicted molar refractivity (Wildman–Crippen MR) is 97.1 cm³/mol. The fraction of sp³-hybridized carbons (Fsp3) is 0.238. The lowest BCUT2D eigenvalue weighted by molar-refractivity contribution is -0.130. The highest BCUT2D eigenvalue weighted by Crippen LogP contribution is 2.30. The molecule has 25 heavy (non-hydrogen) atoms. The van der Waals surface area contributed by atoms with Gasteiger partial charge in [-0.1, -0.05) is 59.8 Å². The molecule has 1 amide bonds. The number of carbonyl (C=O) groups is 1. The summed E-state index contributed by atoms with van der Waals surface area (Å²) in [4.78, 5) is 14.5. The van der Waals surface area contributed by atoms with Crippen molar-refractivity contribution in [1.29, 1.82) is 0 Å². The molecule has 4 heteroatoms. The highest BCUT2D eigenvalue weighted by atomic mass is 16.5. The quantitative estimate of drug-likeness (QED) is 0.680. The van der Waals surface area contributed by atoms with Crippen molar-refractivity contribution < 1.29 is 9.32 Å². The van der Waals surface area contributed by atoms with Gasteiger partial charge in [-0.05, 0) is 23.6 Å². The number of hydrogen-bond donors (Lipinski definition) is 0. The third kappa shape index (κ3) is 4.15. The minimum Gasteiger partial charge on any atom is -0.364 e. The molecule has 0 fully saturated rings. The third-order valence-corrected chi connectivity index (χ3v) is 4.46. The molecule has 0 aliphatic carbocycles. The molecule has 1 atom stereocenters. The van der Waals surface area contributed by atoms with Crippen molar-refractivity contribution in [3.63, 3.8) is 0 Å². The van der Waals surface area contributed by atoms with Crippen molar-refractivity contribution >= 4 is 5.91 Å². The molecule has 1 heterocycles. The average Bonchev–Trinajstić information content (AvgIpc) is 3.14. The van der Waals surface area contributed by atoms with Crippen LogP contribution in [0.15, 0.2) is 71.4 Å². The topological polar surface area (TPSA) is 46.3 Å². The van der Waals surface area contributed by atoms with E-state index in [2.05, 4.69) is 36.3 Å². The van der Waals surface area contributed by atoms with E-state index in [-0.39, 0.29) is 11.8 Å². The summed E-state index contributed by atoms with van der Waals surface area (Å²) in [7, 11) is 1.80. The molecule has 1 aromatic heterocycles. The van der Waals surface area contributed by atoms with Crippen molar-refractivity contribution in [3.8, 4) is 0 Å². The fourth-order valence-electron chi connectivity index (χ4n) is 3.05. The van der Waals surface area contributed by atoms with Gasteiger partial charge in [0.2, 0.25) is 5.91 Å². The predicted octanol–water partition coefficient (Wildman–Crippen LogP) is 4.16. The minimum absolute atomic E-state index is 0.0367. The van der Waals surface area contributed by atoms with Gasteiger partial charge in [0, 0.05) is 25.5 Å². The number of rotatable bonds is 6. The Morgan fingerprint density at radius 3 is 2.48 bits per heavy atom. The fourth-order valence-corrected chi connectivity index (χ4v) is 3.05. The molecule has 0 radical (unpaired) electrons. The molecule has 0 spiro atoms. The summed E-state index contributed by atoms with van der Waals surface area (Å²) in [6, 6.07) is 20.2. The Balaban J connectivity index is 1.83. The molecule has 128 valence electrons. The molecule has 0 saturated carbocycles. The van der Waals surface area contributed by atoms with Crippen LogP contribution in [-0.4, -0.2) is 23.0 Å². The minimum atomic E-state index is 0.0367. The number of hydrogen-bond acceptors (Lipinski definition) is 3. The summed E-state index contributed by atoms with van der Waals surface area (Å²) in [6.07, 6.45) is 1.94. The normalized spacial score (nSPS) is 11.9. The molecule has 4 nitrogen and oxygen atoms in total. The Bertz CT molecular complexity index is 813. The van der Waals surface area contributed by atoms with Gasteiger partial charge in [-0.3, -0.25) is 4.79 Å². The Hall–Kier alpha value is -2.88. The van der Waals surface area contributed by atoms with E-state index in [0.29, 0.717) is 13.0 Å². The first-order valence-corrected chi connectivity index (χ1v) is 8.39. The van der Waals surface area contributed by atoms with Crippen LogP contribution in [0.3, 0.4) is 0 Å². The van der Waals surface area contributed by atoms with E-state index in [4.69, 9.17) is 4.52 Å². The van der Waals surface area contributed by atoms with Crippen LogP contribution >= 0.6 is 0 Å². The van der Waals surface area contributed by atoms with Gasteiger partial charge in [0.05, 0.1) is 6.54 Å². The van der Waals surface area contributed by atoms with Crippen LogP contribution < -0.4 is 0 Å². The highest BCUT2D eigenvalue weighted by molar-refractivity contribution is 5.77. The average molecular weight is 334 g/mol. The van der Waals surface area contributed by atoms with Crippen LogP contribution in [0.2, 0.25) is 0 Å². The van der Waals surface area contributed by atoms with E-state index in [1.54, 1.807) is 18.0 Å². The number of carbonyl (C=O) groups excluding carboxylic acids is 1. The third-order valence-electron chi connectivity index (χ3n) is 4.46. The Labute approximate surface area is 148 Å². The van der Waals surface area contributed by atoms with E-state index in [9.17, 15) is 4.79 Å². The van der Waals surface area contributed by atoms with Gasteiger partial charge < -0.3 is 9.42 Å². The van der Waals surface area contributed by atoms with Crippen LogP contribution in [0.1, 0.15) is 34.7 Å². The maximum atomic E-state index is 12.8. The van der Waals surface area contributed by atoms with Crippen LogP contribution in [0.25, 0.3) is 0 Å². The van der Waals surface area contributed by atoms with E-state index in [1.807, 2.05) is 30.3 Å². The van der Waals surface area contributed by atoms with E-state index < -0.39 is 0 Å². The molecule has 3 rings (SSSR count). The zero-order valence-electron chi connectivity index (χ0n) is 14.6. The van der Waals surface area contributed by atoms with Crippen LogP contribution in [0, 0.1) is 6.92 Å². The second-order valence-electron chi connectivity index (χ2n) is 6.26. The largest absolute Gasteiger partial charge is 0.364 e. The number of aryl methyl sites for hydroxylation is 1. The molecule has 0 saturated heterocycles. The number of nitrogens with zero attached hydrogens (tertiary/aromatic N) is 2. The van der Waals surface area contributed by atoms with Gasteiger partial charge in [-0.2, -0.15) is 0 Å². The van der Waals surface area contributed by atoms with Crippen LogP contribution in [0.5, 0.6) is 0 Å². The molecule has 0 bridgehead atoms. The van der Waals surface area contributed by atoms with Gasteiger partial charge in [0.15, 0.2) is 0 Å². The molecule has 3 aromatic rings. The first kappa shape index (κ1) is 17.0. The van der Waals surface area contributed by atoms with Crippen LogP contribution in [-0.2, 0) is 11.3 Å². The lowest BCUT2D eigenvalue weighted by Crippen LogP contribution is -2.28. The van der Waals surface area contributed by atoms with Crippen molar-refractivity contribution in [2.75, 3.05) is 7.05 Å². The first-order chi connectivity index (χ1) is 12.1. The zero-order chi connectivity index (χ0) is 17.6. The van der Waals surface area contributed by atoms with Gasteiger partial charge in [0.1, 0.15) is 12.0 Å². The van der Waals surface area contributed by atoms with Crippen LogP contribution in [0.4, 0.5) is 0 Å². The van der Waals surface area contributed by atoms with Gasteiger partial charge in [-0.15, -0.1) is 0 Å². The van der Waals surface area contributed by atoms with Crippen molar-refractivity contribution in [1.82, 2.24) is 10.1 Å². The number of amides is 1. The van der Waals surface area contributed by atoms with Gasteiger partial charge >= 0.3 is 0 Å². The summed E-state index contributed by atoms with van der Waals surface area (Å²) in [5.74, 6) is 0.120. The molecular formula is C21H22N2O2. The lowest BCUT2D eigenvalue weighted by Gasteiger charge is -2.23. The van der Waals surface area contributed by atoms with Crippen molar-refractivity contribution in [3.05, 3.63) is 89.3 Å². The maximum Gasteiger partial charge on any atom is 0.223 e. The molecule has 0 unspecified atom stereocenters. The Morgan fingerprint density at radius 1 is 1.08 bits per heavy atom.